The molecule has 6 nitrogen and oxygen atoms in total. The van der Waals surface area contributed by atoms with Crippen LogP contribution in [0.15, 0.2) is 24.5 Å². The van der Waals surface area contributed by atoms with Gasteiger partial charge in [0.2, 0.25) is 11.7 Å². The first-order valence-electron chi connectivity index (χ1n) is 9.24. The van der Waals surface area contributed by atoms with Gasteiger partial charge < -0.3 is 14.2 Å². The predicted molar refractivity (Wildman–Crippen MR) is 94.3 cm³/mol. The van der Waals surface area contributed by atoms with Crippen molar-refractivity contribution in [1.82, 2.24) is 19.4 Å². The van der Waals surface area contributed by atoms with Gasteiger partial charge in [-0.2, -0.15) is 0 Å². The largest absolute Gasteiger partial charge is 0.474 e. The fraction of sp³-hybridized carbons (Fsp3) is 0.526. The standard InChI is InChI=1S/C19H24N4O2/c1-2-3-10-22-13-23-16(12-21-18(23)19(22)24)14-8-9-17(20-11-14)25-15-6-4-5-7-15/h8-9,11-12,15H,2-7,10,13H2,1H3. The van der Waals surface area contributed by atoms with Gasteiger partial charge in [-0.3, -0.25) is 4.79 Å². The molecule has 1 aliphatic heterocycles. The van der Waals surface area contributed by atoms with E-state index in [-0.39, 0.29) is 5.91 Å². The molecule has 6 heteroatoms. The lowest BCUT2D eigenvalue weighted by atomic mass is 10.2. The first-order chi connectivity index (χ1) is 12.3. The number of carbonyl (C=O) groups excluding carboxylic acids is 1. The molecule has 1 fully saturated rings. The van der Waals surface area contributed by atoms with Crippen LogP contribution in [0.2, 0.25) is 0 Å². The summed E-state index contributed by atoms with van der Waals surface area (Å²) in [4.78, 5) is 23.0. The topological polar surface area (TPSA) is 60.2 Å². The lowest BCUT2D eigenvalue weighted by Crippen LogP contribution is -2.25. The summed E-state index contributed by atoms with van der Waals surface area (Å²) in [7, 11) is 0. The van der Waals surface area contributed by atoms with Crippen molar-refractivity contribution in [1.29, 1.82) is 0 Å². The molecule has 0 spiro atoms. The third-order valence-electron chi connectivity index (χ3n) is 5.05. The van der Waals surface area contributed by atoms with Crippen molar-refractivity contribution in [2.75, 3.05) is 6.54 Å². The second kappa shape index (κ2) is 6.86. The Balaban J connectivity index is 1.50. The van der Waals surface area contributed by atoms with Crippen LogP contribution in [0.4, 0.5) is 0 Å². The Morgan fingerprint density at radius 3 is 2.76 bits per heavy atom. The van der Waals surface area contributed by atoms with Gasteiger partial charge in [0, 0.05) is 24.4 Å². The summed E-state index contributed by atoms with van der Waals surface area (Å²) in [5, 5.41) is 0. The van der Waals surface area contributed by atoms with Crippen LogP contribution in [-0.2, 0) is 6.67 Å². The molecule has 2 aliphatic rings. The molecule has 2 aromatic heterocycles. The minimum absolute atomic E-state index is 0.0221. The lowest BCUT2D eigenvalue weighted by Gasteiger charge is -2.15. The normalized spacial score (nSPS) is 17.3. The average Bonchev–Trinajstić information content (AvgIpc) is 3.33. The molecule has 0 unspecified atom stereocenters. The summed E-state index contributed by atoms with van der Waals surface area (Å²) in [6.45, 7) is 3.49. The highest BCUT2D eigenvalue weighted by atomic mass is 16.5. The zero-order chi connectivity index (χ0) is 17.2. The number of fused-ring (bicyclic) bond motifs is 1. The maximum atomic E-state index is 12.4. The van der Waals surface area contributed by atoms with Crippen molar-refractivity contribution < 1.29 is 9.53 Å². The Morgan fingerprint density at radius 2 is 2.04 bits per heavy atom. The Bertz CT molecular complexity index is 747. The summed E-state index contributed by atoms with van der Waals surface area (Å²) in [5.41, 5.74) is 1.89. The summed E-state index contributed by atoms with van der Waals surface area (Å²) >= 11 is 0. The molecule has 0 atom stereocenters. The predicted octanol–water partition coefficient (Wildman–Crippen LogP) is 3.48. The fourth-order valence-corrected chi connectivity index (χ4v) is 3.60. The number of carbonyl (C=O) groups is 1. The molecule has 0 bridgehead atoms. The monoisotopic (exact) mass is 340 g/mol. The Labute approximate surface area is 147 Å². The quantitative estimate of drug-likeness (QED) is 0.808. The zero-order valence-electron chi connectivity index (χ0n) is 14.6. The van der Waals surface area contributed by atoms with Crippen molar-refractivity contribution in [3.05, 3.63) is 30.4 Å². The van der Waals surface area contributed by atoms with Gasteiger partial charge in [0.25, 0.3) is 5.91 Å². The van der Waals surface area contributed by atoms with Crippen LogP contribution in [0.1, 0.15) is 56.1 Å². The molecular weight excluding hydrogens is 316 g/mol. The van der Waals surface area contributed by atoms with Crippen LogP contribution >= 0.6 is 0 Å². The van der Waals surface area contributed by atoms with Crippen LogP contribution in [0.5, 0.6) is 5.88 Å². The van der Waals surface area contributed by atoms with Gasteiger partial charge in [0.1, 0.15) is 6.10 Å². The number of amides is 1. The van der Waals surface area contributed by atoms with E-state index in [1.54, 1.807) is 6.20 Å². The van der Waals surface area contributed by atoms with Crippen molar-refractivity contribution in [3.63, 3.8) is 0 Å². The van der Waals surface area contributed by atoms with Crippen LogP contribution in [0, 0.1) is 0 Å². The number of hydrogen-bond acceptors (Lipinski definition) is 4. The molecule has 0 saturated heterocycles. The van der Waals surface area contributed by atoms with E-state index in [9.17, 15) is 4.79 Å². The van der Waals surface area contributed by atoms with Gasteiger partial charge in [-0.1, -0.05) is 13.3 Å². The van der Waals surface area contributed by atoms with Gasteiger partial charge >= 0.3 is 0 Å². The highest BCUT2D eigenvalue weighted by Crippen LogP contribution is 2.28. The van der Waals surface area contributed by atoms with Crippen LogP contribution < -0.4 is 4.74 Å². The van der Waals surface area contributed by atoms with E-state index < -0.39 is 0 Å². The Kier molecular flexibility index (Phi) is 4.42. The van der Waals surface area contributed by atoms with Gasteiger partial charge in [0.05, 0.1) is 18.6 Å². The van der Waals surface area contributed by atoms with Crippen molar-refractivity contribution in [2.24, 2.45) is 0 Å². The minimum atomic E-state index is 0.0221. The number of rotatable bonds is 6. The summed E-state index contributed by atoms with van der Waals surface area (Å²) in [6.07, 6.45) is 10.7. The molecule has 0 aromatic carbocycles. The van der Waals surface area contributed by atoms with Crippen LogP contribution in [0.25, 0.3) is 11.3 Å². The maximum Gasteiger partial charge on any atom is 0.291 e. The summed E-state index contributed by atoms with van der Waals surface area (Å²) < 4.78 is 7.90. The molecule has 1 saturated carbocycles. The van der Waals surface area contributed by atoms with E-state index in [0.717, 1.165) is 43.5 Å². The fourth-order valence-electron chi connectivity index (χ4n) is 3.60. The highest BCUT2D eigenvalue weighted by molar-refractivity contribution is 5.93. The smallest absolute Gasteiger partial charge is 0.291 e. The molecule has 25 heavy (non-hydrogen) atoms. The number of ether oxygens (including phenoxy) is 1. The van der Waals surface area contributed by atoms with Crippen LogP contribution in [-0.4, -0.2) is 38.0 Å². The third-order valence-corrected chi connectivity index (χ3v) is 5.05. The number of imidazole rings is 1. The van der Waals surface area contributed by atoms with E-state index in [1.165, 1.54) is 12.8 Å². The van der Waals surface area contributed by atoms with Crippen molar-refractivity contribution in [3.8, 4) is 17.1 Å². The van der Waals surface area contributed by atoms with Gasteiger partial charge in [0.15, 0.2) is 0 Å². The molecule has 2 aromatic rings. The SMILES string of the molecule is CCCCN1Cn2c(-c3ccc(OC4CCCC4)nc3)cnc2C1=O. The zero-order valence-corrected chi connectivity index (χ0v) is 14.6. The first-order valence-corrected chi connectivity index (χ1v) is 9.24. The number of pyridine rings is 1. The number of hydrogen-bond donors (Lipinski definition) is 0. The van der Waals surface area contributed by atoms with E-state index in [0.29, 0.717) is 24.5 Å². The van der Waals surface area contributed by atoms with Crippen molar-refractivity contribution >= 4 is 5.91 Å². The molecule has 0 N–H and O–H groups in total. The highest BCUT2D eigenvalue weighted by Gasteiger charge is 2.30. The first kappa shape index (κ1) is 16.1. The molecule has 4 rings (SSSR count). The van der Waals surface area contributed by atoms with E-state index in [2.05, 4.69) is 16.9 Å². The van der Waals surface area contributed by atoms with Crippen LogP contribution in [0.3, 0.4) is 0 Å². The van der Waals surface area contributed by atoms with Gasteiger partial charge in [-0.25, -0.2) is 9.97 Å². The summed E-state index contributed by atoms with van der Waals surface area (Å²) in [6, 6.07) is 3.92. The molecule has 1 amide bonds. The second-order valence-corrected chi connectivity index (χ2v) is 6.87. The molecular formula is C19H24N4O2. The number of aromatic nitrogens is 3. The number of nitrogens with zero attached hydrogens (tertiary/aromatic N) is 4. The second-order valence-electron chi connectivity index (χ2n) is 6.87. The van der Waals surface area contributed by atoms with E-state index in [4.69, 9.17) is 4.74 Å². The maximum absolute atomic E-state index is 12.4. The lowest BCUT2D eigenvalue weighted by molar-refractivity contribution is 0.0764. The summed E-state index contributed by atoms with van der Waals surface area (Å²) in [5.74, 6) is 1.23. The minimum Gasteiger partial charge on any atom is -0.474 e. The van der Waals surface area contributed by atoms with Gasteiger partial charge in [-0.15, -0.1) is 0 Å². The third kappa shape index (κ3) is 3.13. The molecule has 0 radical (unpaired) electrons. The van der Waals surface area contributed by atoms with E-state index in [1.807, 2.05) is 27.8 Å². The van der Waals surface area contributed by atoms with E-state index >= 15 is 0 Å². The van der Waals surface area contributed by atoms with Crippen molar-refractivity contribution in [2.45, 2.75) is 58.2 Å². The van der Waals surface area contributed by atoms with Gasteiger partial charge in [-0.05, 0) is 38.2 Å². The Hall–Kier alpha value is -2.37. The average molecular weight is 340 g/mol. The molecule has 1 aliphatic carbocycles. The molecule has 132 valence electrons. The molecule has 3 heterocycles. The Morgan fingerprint density at radius 1 is 1.20 bits per heavy atom. The number of unbranched alkanes of at least 4 members (excludes halogenated alkanes) is 1.